The van der Waals surface area contributed by atoms with E-state index in [1.54, 1.807) is 19.1 Å². The highest BCUT2D eigenvalue weighted by atomic mass is 35.5. The van der Waals surface area contributed by atoms with Crippen LogP contribution in [0.25, 0.3) is 0 Å². The van der Waals surface area contributed by atoms with E-state index in [1.165, 1.54) is 0 Å². The predicted octanol–water partition coefficient (Wildman–Crippen LogP) is 2.94. The van der Waals surface area contributed by atoms with Gasteiger partial charge < -0.3 is 0 Å². The number of hydrogen-bond acceptors (Lipinski definition) is 2. The molecule has 0 amide bonds. The van der Waals surface area contributed by atoms with Crippen LogP contribution in [0.5, 0.6) is 0 Å². The quantitative estimate of drug-likeness (QED) is 0.755. The van der Waals surface area contributed by atoms with Crippen LogP contribution >= 0.6 is 23.2 Å². The molecule has 0 saturated carbocycles. The van der Waals surface area contributed by atoms with Crippen molar-refractivity contribution in [2.24, 2.45) is 5.90 Å². The van der Waals surface area contributed by atoms with Crippen molar-refractivity contribution in [3.05, 3.63) is 33.8 Å². The van der Waals surface area contributed by atoms with E-state index in [2.05, 4.69) is 4.84 Å². The second kappa shape index (κ2) is 4.10. The third kappa shape index (κ3) is 1.90. The standard InChI is InChI=1S/C8H9Cl2NO/c1-5(12-11)6-3-2-4-7(9)8(6)10/h2-5H,11H2,1H3. The highest BCUT2D eigenvalue weighted by molar-refractivity contribution is 6.42. The first-order chi connectivity index (χ1) is 5.66. The Morgan fingerprint density at radius 2 is 2.08 bits per heavy atom. The zero-order valence-electron chi connectivity index (χ0n) is 6.55. The molecule has 0 aliphatic rings. The molecular formula is C8H9Cl2NO. The van der Waals surface area contributed by atoms with Crippen LogP contribution in [-0.4, -0.2) is 0 Å². The monoisotopic (exact) mass is 205 g/mol. The molecule has 1 aromatic rings. The van der Waals surface area contributed by atoms with Crippen LogP contribution in [-0.2, 0) is 4.84 Å². The van der Waals surface area contributed by atoms with Crippen LogP contribution in [0.4, 0.5) is 0 Å². The molecule has 1 aromatic carbocycles. The smallest absolute Gasteiger partial charge is 0.102 e. The summed E-state index contributed by atoms with van der Waals surface area (Å²) in [5.74, 6) is 5.02. The average molecular weight is 206 g/mol. The van der Waals surface area contributed by atoms with Crippen molar-refractivity contribution in [2.45, 2.75) is 13.0 Å². The number of rotatable bonds is 2. The summed E-state index contributed by atoms with van der Waals surface area (Å²) in [6, 6.07) is 5.35. The summed E-state index contributed by atoms with van der Waals surface area (Å²) in [6.07, 6.45) is -0.240. The Morgan fingerprint density at radius 3 is 2.67 bits per heavy atom. The van der Waals surface area contributed by atoms with Crippen molar-refractivity contribution in [3.8, 4) is 0 Å². The first-order valence-corrected chi connectivity index (χ1v) is 4.22. The van der Waals surface area contributed by atoms with E-state index in [0.717, 1.165) is 5.56 Å². The zero-order chi connectivity index (χ0) is 9.14. The molecule has 0 aromatic heterocycles. The minimum atomic E-state index is -0.240. The van der Waals surface area contributed by atoms with Gasteiger partial charge >= 0.3 is 0 Å². The Kier molecular flexibility index (Phi) is 3.35. The molecule has 1 unspecified atom stereocenters. The maximum atomic E-state index is 5.90. The Balaban J connectivity index is 3.07. The van der Waals surface area contributed by atoms with Gasteiger partial charge in [-0.2, -0.15) is 0 Å². The van der Waals surface area contributed by atoms with E-state index in [-0.39, 0.29) is 6.10 Å². The maximum Gasteiger partial charge on any atom is 0.102 e. The van der Waals surface area contributed by atoms with Crippen LogP contribution in [0.1, 0.15) is 18.6 Å². The van der Waals surface area contributed by atoms with E-state index in [1.807, 2.05) is 6.07 Å². The largest absolute Gasteiger partial charge is 0.297 e. The average Bonchev–Trinajstić information content (AvgIpc) is 2.08. The summed E-state index contributed by atoms with van der Waals surface area (Å²) in [5.41, 5.74) is 0.798. The summed E-state index contributed by atoms with van der Waals surface area (Å²) >= 11 is 11.7. The molecular weight excluding hydrogens is 197 g/mol. The SMILES string of the molecule is CC(ON)c1cccc(Cl)c1Cl. The summed E-state index contributed by atoms with van der Waals surface area (Å²) in [7, 11) is 0. The lowest BCUT2D eigenvalue weighted by Crippen LogP contribution is -2.05. The van der Waals surface area contributed by atoms with Gasteiger partial charge in [-0.15, -0.1) is 0 Å². The van der Waals surface area contributed by atoms with E-state index in [9.17, 15) is 0 Å². The number of benzene rings is 1. The fourth-order valence-corrected chi connectivity index (χ4v) is 1.37. The molecule has 4 heteroatoms. The molecule has 2 nitrogen and oxygen atoms in total. The second-order valence-corrected chi connectivity index (χ2v) is 3.21. The molecule has 0 aliphatic heterocycles. The van der Waals surface area contributed by atoms with Gasteiger partial charge in [0.15, 0.2) is 0 Å². The highest BCUT2D eigenvalue weighted by Crippen LogP contribution is 2.30. The zero-order valence-corrected chi connectivity index (χ0v) is 8.06. The van der Waals surface area contributed by atoms with Gasteiger partial charge in [-0.05, 0) is 13.0 Å². The molecule has 0 heterocycles. The van der Waals surface area contributed by atoms with Gasteiger partial charge in [0, 0.05) is 5.56 Å². The van der Waals surface area contributed by atoms with Gasteiger partial charge in [0.2, 0.25) is 0 Å². The Labute approximate surface area is 81.2 Å². The van der Waals surface area contributed by atoms with Crippen molar-refractivity contribution < 1.29 is 4.84 Å². The summed E-state index contributed by atoms with van der Waals surface area (Å²) in [6.45, 7) is 1.80. The van der Waals surface area contributed by atoms with Gasteiger partial charge in [-0.3, -0.25) is 4.84 Å². The lowest BCUT2D eigenvalue weighted by Gasteiger charge is -2.11. The van der Waals surface area contributed by atoms with Gasteiger partial charge in [0.05, 0.1) is 10.0 Å². The van der Waals surface area contributed by atoms with E-state index in [0.29, 0.717) is 10.0 Å². The molecule has 0 radical (unpaired) electrons. The Hall–Kier alpha value is -0.280. The highest BCUT2D eigenvalue weighted by Gasteiger charge is 2.10. The lowest BCUT2D eigenvalue weighted by molar-refractivity contribution is 0.0665. The molecule has 2 N–H and O–H groups in total. The van der Waals surface area contributed by atoms with Crippen LogP contribution in [0.2, 0.25) is 10.0 Å². The predicted molar refractivity (Wildman–Crippen MR) is 50.1 cm³/mol. The topological polar surface area (TPSA) is 35.2 Å². The Bertz CT molecular complexity index is 278. The minimum absolute atomic E-state index is 0.240. The van der Waals surface area contributed by atoms with Crippen LogP contribution in [0, 0.1) is 0 Å². The lowest BCUT2D eigenvalue weighted by atomic mass is 10.1. The van der Waals surface area contributed by atoms with Crippen LogP contribution < -0.4 is 5.90 Å². The fraction of sp³-hybridized carbons (Fsp3) is 0.250. The molecule has 0 saturated heterocycles. The summed E-state index contributed by atoms with van der Waals surface area (Å²) in [4.78, 5) is 4.63. The number of hydrogen-bond donors (Lipinski definition) is 1. The van der Waals surface area contributed by atoms with Crippen LogP contribution in [0.15, 0.2) is 18.2 Å². The first-order valence-electron chi connectivity index (χ1n) is 3.46. The van der Waals surface area contributed by atoms with Crippen LogP contribution in [0.3, 0.4) is 0 Å². The number of nitrogens with two attached hydrogens (primary N) is 1. The first kappa shape index (κ1) is 9.81. The van der Waals surface area contributed by atoms with E-state index < -0.39 is 0 Å². The minimum Gasteiger partial charge on any atom is -0.297 e. The van der Waals surface area contributed by atoms with E-state index >= 15 is 0 Å². The van der Waals surface area contributed by atoms with Gasteiger partial charge in [0.25, 0.3) is 0 Å². The molecule has 1 rings (SSSR count). The summed E-state index contributed by atoms with van der Waals surface area (Å²) in [5, 5.41) is 1.01. The molecule has 0 spiro atoms. The number of halogens is 2. The molecule has 0 fully saturated rings. The van der Waals surface area contributed by atoms with Crippen molar-refractivity contribution in [3.63, 3.8) is 0 Å². The maximum absolute atomic E-state index is 5.90. The Morgan fingerprint density at radius 1 is 1.42 bits per heavy atom. The van der Waals surface area contributed by atoms with Crippen molar-refractivity contribution >= 4 is 23.2 Å². The van der Waals surface area contributed by atoms with E-state index in [4.69, 9.17) is 29.1 Å². The molecule has 66 valence electrons. The molecule has 0 aliphatic carbocycles. The molecule has 12 heavy (non-hydrogen) atoms. The van der Waals surface area contributed by atoms with Crippen molar-refractivity contribution in [2.75, 3.05) is 0 Å². The van der Waals surface area contributed by atoms with Gasteiger partial charge in [-0.1, -0.05) is 35.3 Å². The van der Waals surface area contributed by atoms with Crippen molar-refractivity contribution in [1.29, 1.82) is 0 Å². The van der Waals surface area contributed by atoms with Gasteiger partial charge in [-0.25, -0.2) is 5.90 Å². The van der Waals surface area contributed by atoms with Crippen molar-refractivity contribution in [1.82, 2.24) is 0 Å². The third-order valence-electron chi connectivity index (χ3n) is 1.62. The van der Waals surface area contributed by atoms with Gasteiger partial charge in [0.1, 0.15) is 6.10 Å². The molecule has 1 atom stereocenters. The fourth-order valence-electron chi connectivity index (χ4n) is 0.908. The summed E-state index contributed by atoms with van der Waals surface area (Å²) < 4.78 is 0. The molecule has 0 bridgehead atoms. The second-order valence-electron chi connectivity index (χ2n) is 2.42. The third-order valence-corrected chi connectivity index (χ3v) is 2.46. The normalized spacial score (nSPS) is 13.0.